The average molecular weight is 277 g/mol. The fourth-order valence-corrected chi connectivity index (χ4v) is 2.54. The molecule has 4 heteroatoms. The van der Waals surface area contributed by atoms with Gasteiger partial charge in [0, 0.05) is 31.9 Å². The molecule has 1 aliphatic rings. The van der Waals surface area contributed by atoms with Gasteiger partial charge < -0.3 is 10.1 Å². The lowest BCUT2D eigenvalue weighted by molar-refractivity contribution is -0.0132. The number of morpholine rings is 1. The van der Waals surface area contributed by atoms with Crippen molar-refractivity contribution in [2.75, 3.05) is 26.3 Å². The van der Waals surface area contributed by atoms with Gasteiger partial charge in [0.05, 0.1) is 18.9 Å². The van der Waals surface area contributed by atoms with Crippen LogP contribution in [0.15, 0.2) is 18.3 Å². The first kappa shape index (κ1) is 15.4. The fraction of sp³-hybridized carbons (Fsp3) is 0.688. The standard InChI is InChI=1S/C16H27N3O/c1-3-7-17-10-14-5-6-15(18-11-14)12-19-8-9-20-13-16(19)4-2/h5-6,11,16-17H,3-4,7-10,12-13H2,1-2H3. The first-order valence-electron chi connectivity index (χ1n) is 7.79. The molecule has 1 aromatic rings. The van der Waals surface area contributed by atoms with E-state index >= 15 is 0 Å². The van der Waals surface area contributed by atoms with Crippen LogP contribution >= 0.6 is 0 Å². The molecule has 0 amide bonds. The molecule has 1 fully saturated rings. The Kier molecular flexibility index (Phi) is 6.43. The minimum atomic E-state index is 0.538. The number of aromatic nitrogens is 1. The van der Waals surface area contributed by atoms with E-state index in [9.17, 15) is 0 Å². The summed E-state index contributed by atoms with van der Waals surface area (Å²) >= 11 is 0. The van der Waals surface area contributed by atoms with E-state index < -0.39 is 0 Å². The molecule has 1 aliphatic heterocycles. The van der Waals surface area contributed by atoms with Gasteiger partial charge >= 0.3 is 0 Å². The highest BCUT2D eigenvalue weighted by molar-refractivity contribution is 5.14. The summed E-state index contributed by atoms with van der Waals surface area (Å²) in [6.07, 6.45) is 4.30. The van der Waals surface area contributed by atoms with Gasteiger partial charge in [0.1, 0.15) is 0 Å². The van der Waals surface area contributed by atoms with Crippen molar-refractivity contribution >= 4 is 0 Å². The largest absolute Gasteiger partial charge is 0.378 e. The number of rotatable bonds is 7. The summed E-state index contributed by atoms with van der Waals surface area (Å²) < 4.78 is 5.54. The van der Waals surface area contributed by atoms with Crippen LogP contribution in [0.1, 0.15) is 37.9 Å². The fourth-order valence-electron chi connectivity index (χ4n) is 2.54. The first-order chi connectivity index (χ1) is 9.83. The quantitative estimate of drug-likeness (QED) is 0.775. The summed E-state index contributed by atoms with van der Waals surface area (Å²) in [5.41, 5.74) is 2.42. The van der Waals surface area contributed by atoms with Gasteiger partial charge in [0.25, 0.3) is 0 Å². The molecule has 1 atom stereocenters. The van der Waals surface area contributed by atoms with E-state index in [0.29, 0.717) is 6.04 Å². The maximum absolute atomic E-state index is 5.54. The van der Waals surface area contributed by atoms with Crippen LogP contribution < -0.4 is 5.32 Å². The highest BCUT2D eigenvalue weighted by atomic mass is 16.5. The highest BCUT2D eigenvalue weighted by Crippen LogP contribution is 2.13. The zero-order valence-corrected chi connectivity index (χ0v) is 12.8. The monoisotopic (exact) mass is 277 g/mol. The third-order valence-electron chi connectivity index (χ3n) is 3.83. The summed E-state index contributed by atoms with van der Waals surface area (Å²) in [6, 6.07) is 4.88. The van der Waals surface area contributed by atoms with Crippen LogP contribution in [0.3, 0.4) is 0 Å². The molecule has 1 saturated heterocycles. The SMILES string of the molecule is CCCNCc1ccc(CN2CCOCC2CC)nc1. The highest BCUT2D eigenvalue weighted by Gasteiger charge is 2.21. The Morgan fingerprint density at radius 3 is 3.00 bits per heavy atom. The van der Waals surface area contributed by atoms with Crippen molar-refractivity contribution in [2.24, 2.45) is 0 Å². The Balaban J connectivity index is 1.86. The van der Waals surface area contributed by atoms with Crippen LogP contribution in [0.5, 0.6) is 0 Å². The molecule has 1 unspecified atom stereocenters. The number of pyridine rings is 1. The minimum absolute atomic E-state index is 0.538. The predicted molar refractivity (Wildman–Crippen MR) is 81.5 cm³/mol. The first-order valence-corrected chi connectivity index (χ1v) is 7.79. The second kappa shape index (κ2) is 8.35. The molecular formula is C16H27N3O. The second-order valence-electron chi connectivity index (χ2n) is 5.44. The van der Waals surface area contributed by atoms with Crippen LogP contribution in [-0.4, -0.2) is 42.2 Å². The smallest absolute Gasteiger partial charge is 0.0622 e. The lowest BCUT2D eigenvalue weighted by Gasteiger charge is -2.34. The average Bonchev–Trinajstić information content (AvgIpc) is 2.50. The van der Waals surface area contributed by atoms with E-state index in [0.717, 1.165) is 51.5 Å². The van der Waals surface area contributed by atoms with Crippen LogP contribution in [-0.2, 0) is 17.8 Å². The third-order valence-corrected chi connectivity index (χ3v) is 3.83. The van der Waals surface area contributed by atoms with Crippen LogP contribution in [0.25, 0.3) is 0 Å². The molecule has 1 N–H and O–H groups in total. The van der Waals surface area contributed by atoms with Gasteiger partial charge in [0.15, 0.2) is 0 Å². The number of hydrogen-bond donors (Lipinski definition) is 1. The van der Waals surface area contributed by atoms with Crippen molar-refractivity contribution < 1.29 is 4.74 Å². The topological polar surface area (TPSA) is 37.4 Å². The molecule has 2 rings (SSSR count). The van der Waals surface area contributed by atoms with Crippen molar-refractivity contribution in [2.45, 2.75) is 45.8 Å². The Morgan fingerprint density at radius 2 is 2.30 bits per heavy atom. The van der Waals surface area contributed by atoms with Crippen molar-refractivity contribution in [1.29, 1.82) is 0 Å². The van der Waals surface area contributed by atoms with Crippen LogP contribution in [0.4, 0.5) is 0 Å². The van der Waals surface area contributed by atoms with Crippen molar-refractivity contribution in [3.05, 3.63) is 29.6 Å². The van der Waals surface area contributed by atoms with Crippen molar-refractivity contribution in [1.82, 2.24) is 15.2 Å². The van der Waals surface area contributed by atoms with Gasteiger partial charge in [-0.1, -0.05) is 19.9 Å². The minimum Gasteiger partial charge on any atom is -0.378 e. The number of hydrogen-bond acceptors (Lipinski definition) is 4. The van der Waals surface area contributed by atoms with Crippen LogP contribution in [0.2, 0.25) is 0 Å². The second-order valence-corrected chi connectivity index (χ2v) is 5.44. The molecule has 2 heterocycles. The molecule has 1 aromatic heterocycles. The molecule has 4 nitrogen and oxygen atoms in total. The van der Waals surface area contributed by atoms with Gasteiger partial charge in [-0.3, -0.25) is 9.88 Å². The molecule has 0 aliphatic carbocycles. The summed E-state index contributed by atoms with van der Waals surface area (Å²) in [6.45, 7) is 10.0. The summed E-state index contributed by atoms with van der Waals surface area (Å²) in [4.78, 5) is 7.08. The zero-order valence-electron chi connectivity index (χ0n) is 12.8. The maximum Gasteiger partial charge on any atom is 0.0622 e. The summed E-state index contributed by atoms with van der Waals surface area (Å²) in [5, 5.41) is 3.40. The van der Waals surface area contributed by atoms with Gasteiger partial charge in [-0.05, 0) is 31.0 Å². The number of ether oxygens (including phenoxy) is 1. The lowest BCUT2D eigenvalue weighted by atomic mass is 10.1. The Labute approximate surface area is 122 Å². The Hall–Kier alpha value is -0.970. The molecule has 0 spiro atoms. The van der Waals surface area contributed by atoms with Crippen LogP contribution in [0, 0.1) is 0 Å². The van der Waals surface area contributed by atoms with E-state index in [1.54, 1.807) is 0 Å². The van der Waals surface area contributed by atoms with Gasteiger partial charge in [0.2, 0.25) is 0 Å². The number of nitrogens with zero attached hydrogens (tertiary/aromatic N) is 2. The molecule has 0 saturated carbocycles. The molecule has 0 aromatic carbocycles. The van der Waals surface area contributed by atoms with E-state index in [1.165, 1.54) is 12.0 Å². The zero-order chi connectivity index (χ0) is 14.2. The van der Waals surface area contributed by atoms with Crippen molar-refractivity contribution in [3.63, 3.8) is 0 Å². The predicted octanol–water partition coefficient (Wildman–Crippen LogP) is 2.19. The molecule has 0 bridgehead atoms. The molecular weight excluding hydrogens is 250 g/mol. The van der Waals surface area contributed by atoms with Crippen molar-refractivity contribution in [3.8, 4) is 0 Å². The number of nitrogens with one attached hydrogen (secondary N) is 1. The maximum atomic E-state index is 5.54. The molecule has 0 radical (unpaired) electrons. The Morgan fingerprint density at radius 1 is 1.40 bits per heavy atom. The van der Waals surface area contributed by atoms with Gasteiger partial charge in [-0.15, -0.1) is 0 Å². The van der Waals surface area contributed by atoms with E-state index in [2.05, 4.69) is 41.2 Å². The molecule has 20 heavy (non-hydrogen) atoms. The molecule has 112 valence electrons. The summed E-state index contributed by atoms with van der Waals surface area (Å²) in [7, 11) is 0. The van der Waals surface area contributed by atoms with E-state index in [-0.39, 0.29) is 0 Å². The third kappa shape index (κ3) is 4.54. The van der Waals surface area contributed by atoms with Gasteiger partial charge in [-0.2, -0.15) is 0 Å². The Bertz CT molecular complexity index is 380. The normalized spacial score (nSPS) is 20.2. The lowest BCUT2D eigenvalue weighted by Crippen LogP contribution is -2.44. The van der Waals surface area contributed by atoms with Gasteiger partial charge in [-0.25, -0.2) is 0 Å². The van der Waals surface area contributed by atoms with E-state index in [1.807, 2.05) is 6.20 Å². The van der Waals surface area contributed by atoms with E-state index in [4.69, 9.17) is 4.74 Å². The summed E-state index contributed by atoms with van der Waals surface area (Å²) in [5.74, 6) is 0.